The van der Waals surface area contributed by atoms with Crippen LogP contribution >= 0.6 is 0 Å². The molecule has 8 nitrogen and oxygen atoms in total. The third-order valence-corrected chi connectivity index (χ3v) is 5.36. The fourth-order valence-corrected chi connectivity index (χ4v) is 3.48. The van der Waals surface area contributed by atoms with Gasteiger partial charge in [-0.05, 0) is 48.4 Å². The number of carbonyl (C=O) groups excluding carboxylic acids is 3. The quantitative estimate of drug-likeness (QED) is 0.404. The average molecular weight is 486 g/mol. The van der Waals surface area contributed by atoms with Gasteiger partial charge in [-0.2, -0.15) is 5.26 Å². The number of nitriles is 1. The van der Waals surface area contributed by atoms with E-state index in [0.29, 0.717) is 17.8 Å². The third kappa shape index (κ3) is 7.43. The molecule has 0 aliphatic rings. The van der Waals surface area contributed by atoms with E-state index in [1.54, 1.807) is 49.6 Å². The van der Waals surface area contributed by atoms with Crippen LogP contribution in [0.15, 0.2) is 78.9 Å². The molecule has 3 aromatic carbocycles. The van der Waals surface area contributed by atoms with Gasteiger partial charge in [0.05, 0.1) is 30.9 Å². The second-order valence-electron chi connectivity index (χ2n) is 7.81. The SMILES string of the molecule is COc1ccc(CCC(=O)Nc2ccccc2C(=O)OCC(=O)N(CCC#N)c2ccccc2)cc1. The van der Waals surface area contributed by atoms with E-state index < -0.39 is 18.5 Å². The van der Waals surface area contributed by atoms with Crippen molar-refractivity contribution < 1.29 is 23.9 Å². The molecule has 1 N–H and O–H groups in total. The molecule has 0 radical (unpaired) electrons. The molecule has 0 aliphatic heterocycles. The molecule has 2 amide bonds. The number of hydrogen-bond acceptors (Lipinski definition) is 6. The van der Waals surface area contributed by atoms with Gasteiger partial charge in [0.1, 0.15) is 5.75 Å². The van der Waals surface area contributed by atoms with Gasteiger partial charge in [-0.15, -0.1) is 0 Å². The highest BCUT2D eigenvalue weighted by Crippen LogP contribution is 2.19. The standard InChI is InChI=1S/C28H27N3O5/c1-35-23-15-12-21(13-16-23)14-17-26(32)30-25-11-6-5-10-24(25)28(34)36-20-27(33)31(19-7-18-29)22-8-3-2-4-9-22/h2-6,8-13,15-16H,7,14,17,19-20H2,1H3,(H,30,32). The largest absolute Gasteiger partial charge is 0.497 e. The lowest BCUT2D eigenvalue weighted by Crippen LogP contribution is -2.35. The van der Waals surface area contributed by atoms with Crippen molar-refractivity contribution in [1.29, 1.82) is 5.26 Å². The highest BCUT2D eigenvalue weighted by molar-refractivity contribution is 6.02. The lowest BCUT2D eigenvalue weighted by atomic mass is 10.1. The molecule has 8 heteroatoms. The number of rotatable bonds is 11. The minimum absolute atomic E-state index is 0.139. The molecule has 0 bridgehead atoms. The number of carbonyl (C=O) groups is 3. The van der Waals surface area contributed by atoms with Crippen LogP contribution in [0.2, 0.25) is 0 Å². The fraction of sp³-hybridized carbons (Fsp3) is 0.214. The molecule has 0 spiro atoms. The van der Waals surface area contributed by atoms with E-state index in [1.807, 2.05) is 36.4 Å². The van der Waals surface area contributed by atoms with Crippen molar-refractivity contribution in [2.75, 3.05) is 30.5 Å². The van der Waals surface area contributed by atoms with Crippen molar-refractivity contribution >= 4 is 29.2 Å². The maximum atomic E-state index is 12.8. The summed E-state index contributed by atoms with van der Waals surface area (Å²) < 4.78 is 10.4. The van der Waals surface area contributed by atoms with E-state index in [2.05, 4.69) is 5.32 Å². The predicted octanol–water partition coefficient (Wildman–Crippen LogP) is 4.37. The van der Waals surface area contributed by atoms with Gasteiger partial charge >= 0.3 is 5.97 Å². The Balaban J connectivity index is 1.59. The van der Waals surface area contributed by atoms with Crippen LogP contribution in [0.4, 0.5) is 11.4 Å². The van der Waals surface area contributed by atoms with E-state index >= 15 is 0 Å². The number of para-hydroxylation sites is 2. The van der Waals surface area contributed by atoms with Crippen LogP contribution < -0.4 is 15.0 Å². The monoisotopic (exact) mass is 485 g/mol. The first kappa shape index (κ1) is 26.0. The number of methoxy groups -OCH3 is 1. The van der Waals surface area contributed by atoms with Crippen LogP contribution in [-0.2, 0) is 20.7 Å². The fourth-order valence-electron chi connectivity index (χ4n) is 3.48. The molecule has 0 saturated carbocycles. The maximum Gasteiger partial charge on any atom is 0.340 e. The lowest BCUT2D eigenvalue weighted by Gasteiger charge is -2.21. The number of esters is 1. The summed E-state index contributed by atoms with van der Waals surface area (Å²) in [6.07, 6.45) is 0.883. The zero-order valence-corrected chi connectivity index (χ0v) is 20.0. The van der Waals surface area contributed by atoms with Gasteiger partial charge in [0.2, 0.25) is 5.91 Å². The van der Waals surface area contributed by atoms with Crippen LogP contribution in [-0.4, -0.2) is 38.0 Å². The molecule has 0 unspecified atom stereocenters. The van der Waals surface area contributed by atoms with E-state index in [9.17, 15) is 14.4 Å². The molecule has 184 valence electrons. The highest BCUT2D eigenvalue weighted by Gasteiger charge is 2.20. The number of amides is 2. The Morgan fingerprint density at radius 3 is 2.33 bits per heavy atom. The predicted molar refractivity (Wildman–Crippen MR) is 136 cm³/mol. The summed E-state index contributed by atoms with van der Waals surface area (Å²) >= 11 is 0. The zero-order chi connectivity index (χ0) is 25.8. The zero-order valence-electron chi connectivity index (χ0n) is 20.0. The van der Waals surface area contributed by atoms with Gasteiger partial charge in [0, 0.05) is 18.7 Å². The minimum Gasteiger partial charge on any atom is -0.497 e. The average Bonchev–Trinajstić information content (AvgIpc) is 2.92. The summed E-state index contributed by atoms with van der Waals surface area (Å²) in [5, 5.41) is 11.7. The van der Waals surface area contributed by atoms with Crippen molar-refractivity contribution in [2.45, 2.75) is 19.3 Å². The Bertz CT molecular complexity index is 1220. The molecule has 36 heavy (non-hydrogen) atoms. The van der Waals surface area contributed by atoms with Crippen LogP contribution in [0.1, 0.15) is 28.8 Å². The van der Waals surface area contributed by atoms with Gasteiger partial charge < -0.3 is 19.7 Å². The highest BCUT2D eigenvalue weighted by atomic mass is 16.5. The number of benzene rings is 3. The van der Waals surface area contributed by atoms with Crippen molar-refractivity contribution in [3.63, 3.8) is 0 Å². The molecule has 0 heterocycles. The summed E-state index contributed by atoms with van der Waals surface area (Å²) in [4.78, 5) is 39.5. The second kappa shape index (κ2) is 13.3. The molecule has 0 aliphatic carbocycles. The number of ether oxygens (including phenoxy) is 2. The van der Waals surface area contributed by atoms with Crippen LogP contribution in [0.3, 0.4) is 0 Å². The third-order valence-electron chi connectivity index (χ3n) is 5.36. The Labute approximate surface area is 210 Å². The first-order valence-corrected chi connectivity index (χ1v) is 11.4. The molecular formula is C28H27N3O5. The van der Waals surface area contributed by atoms with Gasteiger partial charge in [-0.3, -0.25) is 9.59 Å². The summed E-state index contributed by atoms with van der Waals surface area (Å²) in [6, 6.07) is 24.8. The molecule has 3 aromatic rings. The smallest absolute Gasteiger partial charge is 0.340 e. The lowest BCUT2D eigenvalue weighted by molar-refractivity contribution is -0.121. The Hall–Kier alpha value is -4.64. The van der Waals surface area contributed by atoms with Gasteiger partial charge in [-0.1, -0.05) is 42.5 Å². The number of nitrogens with one attached hydrogen (secondary N) is 1. The summed E-state index contributed by atoms with van der Waals surface area (Å²) in [6.45, 7) is -0.323. The summed E-state index contributed by atoms with van der Waals surface area (Å²) in [5.74, 6) is -0.700. The number of anilines is 2. The maximum absolute atomic E-state index is 12.8. The molecule has 0 atom stereocenters. The van der Waals surface area contributed by atoms with Crippen molar-refractivity contribution in [3.8, 4) is 11.8 Å². The van der Waals surface area contributed by atoms with E-state index in [1.165, 1.54) is 11.0 Å². The molecule has 0 aromatic heterocycles. The van der Waals surface area contributed by atoms with Crippen molar-refractivity contribution in [3.05, 3.63) is 90.0 Å². The topological polar surface area (TPSA) is 109 Å². The Morgan fingerprint density at radius 1 is 0.944 bits per heavy atom. The Morgan fingerprint density at radius 2 is 1.64 bits per heavy atom. The van der Waals surface area contributed by atoms with Gasteiger partial charge in [0.25, 0.3) is 5.91 Å². The van der Waals surface area contributed by atoms with Crippen LogP contribution in [0.5, 0.6) is 5.75 Å². The van der Waals surface area contributed by atoms with E-state index in [0.717, 1.165) is 11.3 Å². The molecule has 0 fully saturated rings. The molecule has 0 saturated heterocycles. The number of nitrogens with zero attached hydrogens (tertiary/aromatic N) is 2. The first-order chi connectivity index (χ1) is 17.5. The van der Waals surface area contributed by atoms with Crippen LogP contribution in [0, 0.1) is 11.3 Å². The normalized spacial score (nSPS) is 10.1. The summed E-state index contributed by atoms with van der Waals surface area (Å²) in [5.41, 5.74) is 2.04. The summed E-state index contributed by atoms with van der Waals surface area (Å²) in [7, 11) is 1.59. The van der Waals surface area contributed by atoms with Crippen LogP contribution in [0.25, 0.3) is 0 Å². The van der Waals surface area contributed by atoms with Gasteiger partial charge in [-0.25, -0.2) is 4.79 Å². The van der Waals surface area contributed by atoms with Gasteiger partial charge in [0.15, 0.2) is 6.61 Å². The van der Waals surface area contributed by atoms with Crippen molar-refractivity contribution in [1.82, 2.24) is 0 Å². The second-order valence-corrected chi connectivity index (χ2v) is 7.81. The van der Waals surface area contributed by atoms with Crippen molar-refractivity contribution in [2.24, 2.45) is 0 Å². The minimum atomic E-state index is -0.734. The number of hydrogen-bond donors (Lipinski definition) is 1. The first-order valence-electron chi connectivity index (χ1n) is 11.4. The van der Waals surface area contributed by atoms with E-state index in [-0.39, 0.29) is 30.9 Å². The molecule has 3 rings (SSSR count). The molecular weight excluding hydrogens is 458 g/mol. The van der Waals surface area contributed by atoms with E-state index in [4.69, 9.17) is 14.7 Å². The Kier molecular flexibility index (Phi) is 9.60. The number of aryl methyl sites for hydroxylation is 1.